The topological polar surface area (TPSA) is 63.2 Å². The van der Waals surface area contributed by atoms with Crippen LogP contribution in [0.1, 0.15) is 18.9 Å². The van der Waals surface area contributed by atoms with Crippen LogP contribution in [0, 0.1) is 0 Å². The second-order valence-corrected chi connectivity index (χ2v) is 8.45. The number of carbonyl (C=O) groups is 1. The molecule has 0 unspecified atom stereocenters. The zero-order valence-electron chi connectivity index (χ0n) is 11.5. The maximum Gasteiger partial charge on any atom is 0.234 e. The molecule has 1 heterocycles. The summed E-state index contributed by atoms with van der Waals surface area (Å²) in [6, 6.07) is 7.77. The quantitative estimate of drug-likeness (QED) is 0.904. The third-order valence-corrected chi connectivity index (χ3v) is 6.57. The van der Waals surface area contributed by atoms with Gasteiger partial charge in [-0.1, -0.05) is 19.1 Å². The van der Waals surface area contributed by atoms with Gasteiger partial charge in [-0.05, 0) is 30.5 Å². The molecule has 1 aliphatic heterocycles. The first-order chi connectivity index (χ1) is 9.48. The van der Waals surface area contributed by atoms with E-state index in [1.54, 1.807) is 0 Å². The lowest BCUT2D eigenvalue weighted by atomic mass is 10.1. The number of thioether (sulfide) groups is 1. The van der Waals surface area contributed by atoms with Crippen LogP contribution < -0.4 is 5.32 Å². The fourth-order valence-electron chi connectivity index (χ4n) is 2.11. The highest BCUT2D eigenvalue weighted by Crippen LogP contribution is 2.24. The number of aryl methyl sites for hydroxylation is 1. The summed E-state index contributed by atoms with van der Waals surface area (Å²) < 4.78 is 22.6. The fraction of sp³-hybridized carbons (Fsp3) is 0.500. The van der Waals surface area contributed by atoms with Crippen LogP contribution in [0.15, 0.2) is 24.3 Å². The van der Waals surface area contributed by atoms with Crippen molar-refractivity contribution in [1.82, 2.24) is 0 Å². The number of rotatable bonds is 5. The normalized spacial score (nSPS) is 20.8. The highest BCUT2D eigenvalue weighted by Gasteiger charge is 2.28. The summed E-state index contributed by atoms with van der Waals surface area (Å²) in [5.41, 5.74) is 2.01. The van der Waals surface area contributed by atoms with E-state index in [4.69, 9.17) is 0 Å². The lowest BCUT2D eigenvalue weighted by Gasteiger charge is -2.08. The van der Waals surface area contributed by atoms with E-state index in [-0.39, 0.29) is 22.7 Å². The molecule has 20 heavy (non-hydrogen) atoms. The maximum atomic E-state index is 11.8. The Kier molecular flexibility index (Phi) is 5.10. The van der Waals surface area contributed by atoms with E-state index in [9.17, 15) is 13.2 Å². The van der Waals surface area contributed by atoms with E-state index in [1.165, 1.54) is 17.3 Å². The monoisotopic (exact) mass is 313 g/mol. The first-order valence-corrected chi connectivity index (χ1v) is 9.56. The Bertz CT molecular complexity index is 567. The summed E-state index contributed by atoms with van der Waals surface area (Å²) in [4.78, 5) is 11.8. The molecular weight excluding hydrogens is 294 g/mol. The summed E-state index contributed by atoms with van der Waals surface area (Å²) in [5, 5.41) is 2.89. The van der Waals surface area contributed by atoms with Crippen LogP contribution in [0.25, 0.3) is 0 Å². The van der Waals surface area contributed by atoms with Gasteiger partial charge in [0.25, 0.3) is 0 Å². The number of amides is 1. The van der Waals surface area contributed by atoms with Crippen LogP contribution in [0.5, 0.6) is 0 Å². The van der Waals surface area contributed by atoms with Crippen LogP contribution in [0.3, 0.4) is 0 Å². The van der Waals surface area contributed by atoms with Crippen molar-refractivity contribution in [3.05, 3.63) is 29.8 Å². The summed E-state index contributed by atoms with van der Waals surface area (Å²) >= 11 is 1.43. The molecule has 1 fully saturated rings. The molecule has 6 heteroatoms. The first-order valence-electron chi connectivity index (χ1n) is 6.69. The molecule has 2 rings (SSSR count). The SMILES string of the molecule is CCc1ccc(NC(=O)CS[C@H]2CCS(=O)(=O)C2)cc1. The van der Waals surface area contributed by atoms with Crippen molar-refractivity contribution in [3.8, 4) is 0 Å². The molecule has 1 N–H and O–H groups in total. The average Bonchev–Trinajstić information content (AvgIpc) is 2.77. The average molecular weight is 313 g/mol. The Morgan fingerprint density at radius 2 is 2.05 bits per heavy atom. The number of benzene rings is 1. The van der Waals surface area contributed by atoms with E-state index in [1.807, 2.05) is 24.3 Å². The molecule has 0 bridgehead atoms. The van der Waals surface area contributed by atoms with Gasteiger partial charge in [0.15, 0.2) is 9.84 Å². The minimum Gasteiger partial charge on any atom is -0.325 e. The van der Waals surface area contributed by atoms with Crippen molar-refractivity contribution in [2.24, 2.45) is 0 Å². The third-order valence-electron chi connectivity index (χ3n) is 3.29. The van der Waals surface area contributed by atoms with Gasteiger partial charge in [0.1, 0.15) is 0 Å². The highest BCUT2D eigenvalue weighted by molar-refractivity contribution is 8.02. The summed E-state index contributed by atoms with van der Waals surface area (Å²) in [6.07, 6.45) is 1.63. The summed E-state index contributed by atoms with van der Waals surface area (Å²) in [7, 11) is -2.86. The number of hydrogen-bond acceptors (Lipinski definition) is 4. The van der Waals surface area contributed by atoms with Gasteiger partial charge in [-0.25, -0.2) is 8.42 Å². The first kappa shape index (κ1) is 15.4. The summed E-state index contributed by atoms with van der Waals surface area (Å²) in [5.74, 6) is 0.680. The largest absolute Gasteiger partial charge is 0.325 e. The van der Waals surface area contributed by atoms with Gasteiger partial charge in [0.05, 0.1) is 17.3 Å². The van der Waals surface area contributed by atoms with E-state index in [0.717, 1.165) is 12.1 Å². The molecule has 0 aliphatic carbocycles. The Hall–Kier alpha value is -1.01. The van der Waals surface area contributed by atoms with Crippen LogP contribution in [-0.2, 0) is 21.1 Å². The molecule has 1 aliphatic rings. The minimum atomic E-state index is -2.86. The zero-order valence-corrected chi connectivity index (χ0v) is 13.1. The number of anilines is 1. The molecular formula is C14H19NO3S2. The van der Waals surface area contributed by atoms with Gasteiger partial charge in [-0.3, -0.25) is 4.79 Å². The Morgan fingerprint density at radius 3 is 2.60 bits per heavy atom. The zero-order chi connectivity index (χ0) is 14.6. The number of nitrogens with one attached hydrogen (secondary N) is 1. The van der Waals surface area contributed by atoms with Crippen molar-refractivity contribution in [2.45, 2.75) is 25.0 Å². The Balaban J connectivity index is 1.78. The second kappa shape index (κ2) is 6.63. The van der Waals surface area contributed by atoms with Crippen molar-refractivity contribution < 1.29 is 13.2 Å². The van der Waals surface area contributed by atoms with Crippen LogP contribution in [0.4, 0.5) is 5.69 Å². The minimum absolute atomic E-state index is 0.0632. The second-order valence-electron chi connectivity index (χ2n) is 4.93. The Morgan fingerprint density at radius 1 is 1.35 bits per heavy atom. The molecule has 1 atom stereocenters. The van der Waals surface area contributed by atoms with E-state index < -0.39 is 9.84 Å². The molecule has 0 radical (unpaired) electrons. The van der Waals surface area contributed by atoms with Crippen molar-refractivity contribution >= 4 is 33.2 Å². The molecule has 1 saturated heterocycles. The number of hydrogen-bond donors (Lipinski definition) is 1. The van der Waals surface area contributed by atoms with Crippen molar-refractivity contribution in [3.63, 3.8) is 0 Å². The predicted octanol–water partition coefficient (Wildman–Crippen LogP) is 2.11. The molecule has 1 aromatic carbocycles. The molecule has 4 nitrogen and oxygen atoms in total. The fourth-order valence-corrected chi connectivity index (χ4v) is 5.55. The molecule has 1 amide bonds. The standard InChI is InChI=1S/C14H19NO3S2/c1-2-11-3-5-12(6-4-11)15-14(16)9-19-13-7-8-20(17,18)10-13/h3-6,13H,2,7-10H2,1H3,(H,15,16)/t13-/m0/s1. The van der Waals surface area contributed by atoms with Crippen molar-refractivity contribution in [2.75, 3.05) is 22.6 Å². The lowest BCUT2D eigenvalue weighted by Crippen LogP contribution is -2.17. The van der Waals surface area contributed by atoms with E-state index >= 15 is 0 Å². The third kappa shape index (κ3) is 4.52. The van der Waals surface area contributed by atoms with Gasteiger partial charge in [0.2, 0.25) is 5.91 Å². The molecule has 0 saturated carbocycles. The molecule has 0 aromatic heterocycles. The van der Waals surface area contributed by atoms with Crippen molar-refractivity contribution in [1.29, 1.82) is 0 Å². The van der Waals surface area contributed by atoms with Crippen LogP contribution in [0.2, 0.25) is 0 Å². The molecule has 0 spiro atoms. The lowest BCUT2D eigenvalue weighted by molar-refractivity contribution is -0.113. The van der Waals surface area contributed by atoms with Gasteiger partial charge in [-0.2, -0.15) is 0 Å². The Labute approximate surface area is 124 Å². The van der Waals surface area contributed by atoms with Gasteiger partial charge >= 0.3 is 0 Å². The predicted molar refractivity (Wildman–Crippen MR) is 84.0 cm³/mol. The van der Waals surface area contributed by atoms with Crippen LogP contribution >= 0.6 is 11.8 Å². The molecule has 110 valence electrons. The van der Waals surface area contributed by atoms with Gasteiger partial charge in [-0.15, -0.1) is 11.8 Å². The van der Waals surface area contributed by atoms with Gasteiger partial charge in [0, 0.05) is 10.9 Å². The van der Waals surface area contributed by atoms with Crippen LogP contribution in [-0.4, -0.2) is 36.8 Å². The summed E-state index contributed by atoms with van der Waals surface area (Å²) in [6.45, 7) is 2.08. The van der Waals surface area contributed by atoms with Gasteiger partial charge < -0.3 is 5.32 Å². The molecule has 1 aromatic rings. The van der Waals surface area contributed by atoms with E-state index in [0.29, 0.717) is 12.2 Å². The maximum absolute atomic E-state index is 11.8. The smallest absolute Gasteiger partial charge is 0.234 e. The number of sulfone groups is 1. The number of carbonyl (C=O) groups excluding carboxylic acids is 1. The highest BCUT2D eigenvalue weighted by atomic mass is 32.2. The van der Waals surface area contributed by atoms with E-state index in [2.05, 4.69) is 12.2 Å².